The van der Waals surface area contributed by atoms with Gasteiger partial charge in [0.05, 0.1) is 14.2 Å². The molecule has 0 bridgehead atoms. The van der Waals surface area contributed by atoms with E-state index in [1.807, 2.05) is 54.6 Å². The number of hydrogen-bond acceptors (Lipinski definition) is 5. The van der Waals surface area contributed by atoms with Crippen LogP contribution < -0.4 is 19.5 Å². The van der Waals surface area contributed by atoms with Gasteiger partial charge in [0, 0.05) is 24.7 Å². The highest BCUT2D eigenvalue weighted by Gasteiger charge is 2.09. The Labute approximate surface area is 178 Å². The van der Waals surface area contributed by atoms with Crippen molar-refractivity contribution in [3.05, 3.63) is 77.9 Å². The van der Waals surface area contributed by atoms with Crippen LogP contribution in [-0.4, -0.2) is 38.6 Å². The molecular weight excluding hydrogens is 378 g/mol. The zero-order valence-corrected chi connectivity index (χ0v) is 17.7. The Balaban J connectivity index is 1.46. The summed E-state index contributed by atoms with van der Waals surface area (Å²) in [5, 5.41) is 13.5. The largest absolute Gasteiger partial charge is 0.497 e. The molecule has 5 heteroatoms. The van der Waals surface area contributed by atoms with E-state index in [4.69, 9.17) is 14.2 Å². The van der Waals surface area contributed by atoms with Gasteiger partial charge in [-0.3, -0.25) is 0 Å². The van der Waals surface area contributed by atoms with Gasteiger partial charge in [0.2, 0.25) is 0 Å². The number of nitrogens with one attached hydrogen (secondary N) is 1. The number of aliphatic hydroxyl groups excluding tert-OH is 1. The van der Waals surface area contributed by atoms with Crippen molar-refractivity contribution in [2.45, 2.75) is 19.6 Å². The van der Waals surface area contributed by atoms with Gasteiger partial charge >= 0.3 is 0 Å². The van der Waals surface area contributed by atoms with Crippen molar-refractivity contribution in [2.24, 2.45) is 0 Å². The summed E-state index contributed by atoms with van der Waals surface area (Å²) in [6.07, 6.45) is -0.620. The van der Waals surface area contributed by atoms with Crippen molar-refractivity contribution < 1.29 is 19.3 Å². The smallest absolute Gasteiger partial charge is 0.127 e. The van der Waals surface area contributed by atoms with Gasteiger partial charge < -0.3 is 24.6 Å². The molecule has 0 aromatic heterocycles. The summed E-state index contributed by atoms with van der Waals surface area (Å²) in [6, 6.07) is 21.9. The molecule has 3 aromatic carbocycles. The maximum absolute atomic E-state index is 10.2. The minimum absolute atomic E-state index is 0.219. The first-order chi connectivity index (χ1) is 14.6. The fourth-order valence-corrected chi connectivity index (χ4v) is 3.25. The second kappa shape index (κ2) is 10.7. The van der Waals surface area contributed by atoms with Crippen LogP contribution in [0.25, 0.3) is 11.1 Å². The minimum Gasteiger partial charge on any atom is -0.497 e. The number of hydrogen-bond donors (Lipinski definition) is 2. The maximum Gasteiger partial charge on any atom is 0.127 e. The topological polar surface area (TPSA) is 60.0 Å². The van der Waals surface area contributed by atoms with E-state index in [2.05, 4.69) is 24.4 Å². The molecule has 5 nitrogen and oxygen atoms in total. The van der Waals surface area contributed by atoms with Crippen molar-refractivity contribution in [3.8, 4) is 28.4 Å². The number of rotatable bonds is 10. The summed E-state index contributed by atoms with van der Waals surface area (Å²) >= 11 is 0. The molecule has 0 aliphatic carbocycles. The highest BCUT2D eigenvalue weighted by molar-refractivity contribution is 5.67. The monoisotopic (exact) mass is 407 g/mol. The van der Waals surface area contributed by atoms with Gasteiger partial charge in [-0.05, 0) is 41.8 Å². The number of ether oxygens (including phenoxy) is 3. The van der Waals surface area contributed by atoms with Crippen LogP contribution >= 0.6 is 0 Å². The molecule has 0 aliphatic heterocycles. The van der Waals surface area contributed by atoms with Crippen LogP contribution in [0, 0.1) is 6.92 Å². The van der Waals surface area contributed by atoms with E-state index >= 15 is 0 Å². The van der Waals surface area contributed by atoms with Crippen LogP contribution in [0.1, 0.15) is 11.1 Å². The standard InChI is InChI=1S/C25H29NO4/c1-18-6-4-5-7-24(18)19-8-11-22(12-9-19)30-17-21(27)16-26-15-20-10-13-23(28-2)14-25(20)29-3/h4-14,21,26-27H,15-17H2,1-3H3. The number of aryl methyl sites for hydroxylation is 1. The highest BCUT2D eigenvalue weighted by Crippen LogP contribution is 2.26. The van der Waals surface area contributed by atoms with Crippen molar-refractivity contribution in [3.63, 3.8) is 0 Å². The average Bonchev–Trinajstić information content (AvgIpc) is 2.78. The summed E-state index contributed by atoms with van der Waals surface area (Å²) in [5.41, 5.74) is 4.60. The van der Waals surface area contributed by atoms with Gasteiger partial charge in [-0.1, -0.05) is 42.5 Å². The lowest BCUT2D eigenvalue weighted by Gasteiger charge is -2.15. The molecule has 0 spiro atoms. The molecule has 0 saturated carbocycles. The summed E-state index contributed by atoms with van der Waals surface area (Å²) in [7, 11) is 3.25. The molecule has 30 heavy (non-hydrogen) atoms. The molecule has 1 atom stereocenters. The molecule has 0 amide bonds. The molecule has 3 aromatic rings. The summed E-state index contributed by atoms with van der Waals surface area (Å²) in [4.78, 5) is 0. The van der Waals surface area contributed by atoms with Crippen LogP contribution in [0.3, 0.4) is 0 Å². The third-order valence-electron chi connectivity index (χ3n) is 4.94. The summed E-state index contributed by atoms with van der Waals surface area (Å²) in [5.74, 6) is 2.24. The number of benzene rings is 3. The van der Waals surface area contributed by atoms with Gasteiger partial charge in [-0.25, -0.2) is 0 Å². The third kappa shape index (κ3) is 5.75. The first-order valence-corrected chi connectivity index (χ1v) is 9.99. The second-order valence-corrected chi connectivity index (χ2v) is 7.11. The van der Waals surface area contributed by atoms with Crippen molar-refractivity contribution in [2.75, 3.05) is 27.4 Å². The van der Waals surface area contributed by atoms with Crippen LogP contribution in [0.5, 0.6) is 17.2 Å². The SMILES string of the molecule is COc1ccc(CNCC(O)COc2ccc(-c3ccccc3C)cc2)c(OC)c1. The predicted molar refractivity (Wildman–Crippen MR) is 119 cm³/mol. The van der Waals surface area contributed by atoms with E-state index in [0.717, 1.165) is 28.4 Å². The molecule has 3 rings (SSSR count). The Morgan fingerprint density at radius 2 is 1.63 bits per heavy atom. The van der Waals surface area contributed by atoms with Gasteiger partial charge in [0.1, 0.15) is 30.0 Å². The number of methoxy groups -OCH3 is 2. The van der Waals surface area contributed by atoms with Crippen LogP contribution in [0.2, 0.25) is 0 Å². The Morgan fingerprint density at radius 1 is 0.900 bits per heavy atom. The van der Waals surface area contributed by atoms with E-state index in [1.165, 1.54) is 11.1 Å². The molecule has 0 saturated heterocycles. The van der Waals surface area contributed by atoms with Crippen LogP contribution in [-0.2, 0) is 6.54 Å². The van der Waals surface area contributed by atoms with Gasteiger partial charge in [-0.2, -0.15) is 0 Å². The third-order valence-corrected chi connectivity index (χ3v) is 4.94. The zero-order valence-electron chi connectivity index (χ0n) is 17.7. The van der Waals surface area contributed by atoms with Crippen LogP contribution in [0.15, 0.2) is 66.7 Å². The Hall–Kier alpha value is -3.02. The predicted octanol–water partition coefficient (Wildman–Crippen LogP) is 4.21. The Morgan fingerprint density at radius 3 is 2.33 bits per heavy atom. The number of aliphatic hydroxyl groups is 1. The molecule has 0 aliphatic rings. The van der Waals surface area contributed by atoms with E-state index in [-0.39, 0.29) is 6.61 Å². The van der Waals surface area contributed by atoms with E-state index in [0.29, 0.717) is 13.1 Å². The zero-order chi connectivity index (χ0) is 21.3. The molecule has 158 valence electrons. The molecule has 1 unspecified atom stereocenters. The second-order valence-electron chi connectivity index (χ2n) is 7.11. The fraction of sp³-hybridized carbons (Fsp3) is 0.280. The Bertz CT molecular complexity index is 940. The first kappa shape index (κ1) is 21.7. The van der Waals surface area contributed by atoms with Crippen molar-refractivity contribution in [1.29, 1.82) is 0 Å². The van der Waals surface area contributed by atoms with E-state index in [1.54, 1.807) is 14.2 Å². The molecule has 0 fully saturated rings. The Kier molecular flexibility index (Phi) is 7.71. The van der Waals surface area contributed by atoms with Gasteiger partial charge in [0.25, 0.3) is 0 Å². The van der Waals surface area contributed by atoms with Crippen molar-refractivity contribution >= 4 is 0 Å². The van der Waals surface area contributed by atoms with Gasteiger partial charge in [-0.15, -0.1) is 0 Å². The van der Waals surface area contributed by atoms with E-state index < -0.39 is 6.10 Å². The quantitative estimate of drug-likeness (QED) is 0.527. The molecular formula is C25H29NO4. The van der Waals surface area contributed by atoms with Gasteiger partial charge in [0.15, 0.2) is 0 Å². The highest BCUT2D eigenvalue weighted by atomic mass is 16.5. The van der Waals surface area contributed by atoms with Crippen molar-refractivity contribution in [1.82, 2.24) is 5.32 Å². The minimum atomic E-state index is -0.620. The molecule has 0 radical (unpaired) electrons. The molecule has 0 heterocycles. The normalized spacial score (nSPS) is 11.7. The lowest BCUT2D eigenvalue weighted by molar-refractivity contribution is 0.106. The summed E-state index contributed by atoms with van der Waals surface area (Å²) in [6.45, 7) is 3.31. The maximum atomic E-state index is 10.2. The lowest BCUT2D eigenvalue weighted by atomic mass is 10.0. The molecule has 2 N–H and O–H groups in total. The van der Waals surface area contributed by atoms with Crippen LogP contribution in [0.4, 0.5) is 0 Å². The lowest BCUT2D eigenvalue weighted by Crippen LogP contribution is -2.31. The van der Waals surface area contributed by atoms with E-state index in [9.17, 15) is 5.11 Å². The fourth-order valence-electron chi connectivity index (χ4n) is 3.25. The summed E-state index contributed by atoms with van der Waals surface area (Å²) < 4.78 is 16.3. The average molecular weight is 408 g/mol. The first-order valence-electron chi connectivity index (χ1n) is 9.99.